The third-order valence-corrected chi connectivity index (χ3v) is 5.34. The van der Waals surface area contributed by atoms with E-state index in [-0.39, 0.29) is 6.42 Å². The number of rotatable bonds is 10. The quantitative estimate of drug-likeness (QED) is 0.371. The highest BCUT2D eigenvalue weighted by Gasteiger charge is 2.36. The summed E-state index contributed by atoms with van der Waals surface area (Å²) < 4.78 is 30.6. The monoisotopic (exact) mass is 452 g/mol. The van der Waals surface area contributed by atoms with Crippen molar-refractivity contribution in [1.82, 2.24) is 40.4 Å². The van der Waals surface area contributed by atoms with Gasteiger partial charge >= 0.3 is 5.92 Å². The molecule has 0 aliphatic heterocycles. The Balaban J connectivity index is 1.66. The van der Waals surface area contributed by atoms with E-state index in [4.69, 9.17) is 0 Å². The summed E-state index contributed by atoms with van der Waals surface area (Å²) in [6.07, 6.45) is 5.95. The molecule has 0 saturated carbocycles. The van der Waals surface area contributed by atoms with Gasteiger partial charge in [0.2, 0.25) is 11.6 Å². The third kappa shape index (κ3) is 5.10. The molecule has 1 aromatic carbocycles. The average Bonchev–Trinajstić information content (AvgIpc) is 3.49. The van der Waals surface area contributed by atoms with E-state index >= 15 is 0 Å². The predicted molar refractivity (Wildman–Crippen MR) is 119 cm³/mol. The third-order valence-electron chi connectivity index (χ3n) is 5.34. The van der Waals surface area contributed by atoms with Crippen LogP contribution in [0, 0.1) is 0 Å². The summed E-state index contributed by atoms with van der Waals surface area (Å²) in [6, 6.07) is 9.67. The summed E-state index contributed by atoms with van der Waals surface area (Å²) in [4.78, 5) is 8.60. The van der Waals surface area contributed by atoms with Crippen LogP contribution in [0.5, 0.6) is 0 Å². The van der Waals surface area contributed by atoms with Crippen molar-refractivity contribution in [3.8, 4) is 22.5 Å². The smallest absolute Gasteiger partial charge is 0.264 e. The number of aryl methyl sites for hydroxylation is 1. The van der Waals surface area contributed by atoms with E-state index in [9.17, 15) is 8.78 Å². The highest BCUT2D eigenvalue weighted by molar-refractivity contribution is 5.80. The second-order valence-corrected chi connectivity index (χ2v) is 7.93. The van der Waals surface area contributed by atoms with Crippen LogP contribution in [0.4, 0.5) is 8.78 Å². The lowest BCUT2D eigenvalue weighted by Gasteiger charge is -2.11. The number of tetrazole rings is 1. The van der Waals surface area contributed by atoms with Crippen LogP contribution in [0.2, 0.25) is 0 Å². The molecule has 0 bridgehead atoms. The van der Waals surface area contributed by atoms with Crippen molar-refractivity contribution in [3.05, 3.63) is 59.9 Å². The molecule has 4 aromatic rings. The van der Waals surface area contributed by atoms with E-state index in [2.05, 4.69) is 42.6 Å². The molecule has 3 heterocycles. The summed E-state index contributed by atoms with van der Waals surface area (Å²) in [5.74, 6) is -2.39. The number of alkyl halides is 2. The molecule has 0 aliphatic carbocycles. The molecule has 0 fully saturated rings. The first kappa shape index (κ1) is 22.6. The molecule has 0 saturated heterocycles. The van der Waals surface area contributed by atoms with Gasteiger partial charge in [0.15, 0.2) is 0 Å². The first-order valence-corrected chi connectivity index (χ1v) is 11.1. The van der Waals surface area contributed by atoms with Crippen LogP contribution in [-0.2, 0) is 18.9 Å². The zero-order valence-corrected chi connectivity index (χ0v) is 18.7. The Morgan fingerprint density at radius 1 is 1.06 bits per heavy atom. The maximum absolute atomic E-state index is 14.5. The predicted octanol–water partition coefficient (Wildman–Crippen LogP) is 4.80. The molecule has 1 N–H and O–H groups in total. The second kappa shape index (κ2) is 9.93. The number of hydrogen-bond acceptors (Lipinski definition) is 6. The van der Waals surface area contributed by atoms with Gasteiger partial charge in [-0.15, -0.1) is 15.3 Å². The molecule has 0 amide bonds. The number of pyridine rings is 1. The first-order valence-electron chi connectivity index (χ1n) is 11.1. The standard InChI is InChI=1S/C23H26F2N8/c1-3-5-10-20-27-22(23(24,25)11-4-2)30-33(20)15-16-12-17(14-26-13-16)18-8-6-7-9-19(18)21-28-31-32-29-21/h6-9,12-14H,3-5,10-11,15H2,1-2H3,(H,28,29,31,32). The minimum Gasteiger partial charge on any atom is -0.264 e. The van der Waals surface area contributed by atoms with Crippen LogP contribution >= 0.6 is 0 Å². The van der Waals surface area contributed by atoms with Crippen molar-refractivity contribution < 1.29 is 8.78 Å². The number of benzene rings is 1. The maximum Gasteiger partial charge on any atom is 0.308 e. The van der Waals surface area contributed by atoms with Crippen molar-refractivity contribution in [1.29, 1.82) is 0 Å². The average molecular weight is 453 g/mol. The molecule has 0 aliphatic rings. The zero-order valence-electron chi connectivity index (χ0n) is 18.7. The Kier molecular flexibility index (Phi) is 6.81. The van der Waals surface area contributed by atoms with E-state index in [1.807, 2.05) is 30.3 Å². The van der Waals surface area contributed by atoms with Gasteiger partial charge in [-0.2, -0.15) is 14.0 Å². The van der Waals surface area contributed by atoms with E-state index in [1.165, 1.54) is 0 Å². The molecule has 0 spiro atoms. The summed E-state index contributed by atoms with van der Waals surface area (Å²) in [6.45, 7) is 4.09. The Bertz CT molecular complexity index is 1190. The summed E-state index contributed by atoms with van der Waals surface area (Å²) in [5.41, 5.74) is 3.41. The second-order valence-electron chi connectivity index (χ2n) is 7.93. The lowest BCUT2D eigenvalue weighted by atomic mass is 9.99. The summed E-state index contributed by atoms with van der Waals surface area (Å²) >= 11 is 0. The van der Waals surface area contributed by atoms with Gasteiger partial charge in [-0.05, 0) is 35.2 Å². The summed E-state index contributed by atoms with van der Waals surface area (Å²) in [7, 11) is 0. The Labute approximate surface area is 190 Å². The maximum atomic E-state index is 14.5. The summed E-state index contributed by atoms with van der Waals surface area (Å²) in [5, 5.41) is 18.5. The number of unbranched alkanes of at least 4 members (excludes halogenated alkanes) is 1. The van der Waals surface area contributed by atoms with Gasteiger partial charge in [0.25, 0.3) is 0 Å². The molecule has 8 nitrogen and oxygen atoms in total. The SMILES string of the molecule is CCCCc1nc(C(F)(F)CCC)nn1Cc1cncc(-c2ccccc2-c2nn[nH]n2)c1. The van der Waals surface area contributed by atoms with Crippen LogP contribution in [0.1, 0.15) is 56.7 Å². The highest BCUT2D eigenvalue weighted by Crippen LogP contribution is 2.32. The van der Waals surface area contributed by atoms with Crippen LogP contribution in [0.3, 0.4) is 0 Å². The fourth-order valence-corrected chi connectivity index (χ4v) is 3.70. The van der Waals surface area contributed by atoms with Crippen molar-refractivity contribution in [3.63, 3.8) is 0 Å². The van der Waals surface area contributed by atoms with Gasteiger partial charge < -0.3 is 0 Å². The highest BCUT2D eigenvalue weighted by atomic mass is 19.3. The van der Waals surface area contributed by atoms with Gasteiger partial charge in [0.05, 0.1) is 6.54 Å². The lowest BCUT2D eigenvalue weighted by Crippen LogP contribution is -2.16. The number of nitrogens with zero attached hydrogens (tertiary/aromatic N) is 7. The van der Waals surface area contributed by atoms with Gasteiger partial charge in [0, 0.05) is 36.4 Å². The minimum atomic E-state index is -3.04. The molecule has 4 rings (SSSR count). The van der Waals surface area contributed by atoms with E-state index in [1.54, 1.807) is 24.0 Å². The van der Waals surface area contributed by atoms with Crippen LogP contribution < -0.4 is 0 Å². The van der Waals surface area contributed by atoms with Crippen LogP contribution in [0.25, 0.3) is 22.5 Å². The zero-order chi connectivity index (χ0) is 23.3. The molecule has 0 unspecified atom stereocenters. The molecule has 10 heteroatoms. The topological polar surface area (TPSA) is 98.1 Å². The van der Waals surface area contributed by atoms with Crippen LogP contribution in [-0.4, -0.2) is 40.4 Å². The number of H-pyrrole nitrogens is 1. The molecule has 33 heavy (non-hydrogen) atoms. The molecule has 0 radical (unpaired) electrons. The van der Waals surface area contributed by atoms with Gasteiger partial charge in [0.1, 0.15) is 5.82 Å². The van der Waals surface area contributed by atoms with Crippen molar-refractivity contribution >= 4 is 0 Å². The largest absolute Gasteiger partial charge is 0.308 e. The van der Waals surface area contributed by atoms with Gasteiger partial charge in [-0.1, -0.05) is 44.5 Å². The Hall–Kier alpha value is -3.56. The number of halogens is 2. The fourth-order valence-electron chi connectivity index (χ4n) is 3.70. The fraction of sp³-hybridized carbons (Fsp3) is 0.391. The number of aromatic amines is 1. The lowest BCUT2D eigenvalue weighted by molar-refractivity contribution is -0.0232. The Morgan fingerprint density at radius 3 is 2.61 bits per heavy atom. The molecule has 3 aromatic heterocycles. The molecule has 0 atom stereocenters. The number of nitrogens with one attached hydrogen (secondary N) is 1. The first-order chi connectivity index (χ1) is 16.0. The van der Waals surface area contributed by atoms with Gasteiger partial charge in [-0.3, -0.25) is 4.98 Å². The van der Waals surface area contributed by atoms with Crippen molar-refractivity contribution in [2.75, 3.05) is 0 Å². The number of aromatic nitrogens is 8. The van der Waals surface area contributed by atoms with Crippen molar-refractivity contribution in [2.45, 2.75) is 58.4 Å². The van der Waals surface area contributed by atoms with Gasteiger partial charge in [-0.25, -0.2) is 9.67 Å². The van der Waals surface area contributed by atoms with E-state index in [0.29, 0.717) is 31.0 Å². The minimum absolute atomic E-state index is 0.270. The normalized spacial score (nSPS) is 11.8. The molecular weight excluding hydrogens is 426 g/mol. The Morgan fingerprint density at radius 2 is 1.88 bits per heavy atom. The van der Waals surface area contributed by atoms with E-state index in [0.717, 1.165) is 35.1 Å². The molecular formula is C23H26F2N8. The molecule has 172 valence electrons. The van der Waals surface area contributed by atoms with Crippen molar-refractivity contribution in [2.24, 2.45) is 0 Å². The van der Waals surface area contributed by atoms with E-state index < -0.39 is 11.7 Å². The number of hydrogen-bond donors (Lipinski definition) is 1. The van der Waals surface area contributed by atoms with Crippen LogP contribution in [0.15, 0.2) is 42.7 Å².